The molecule has 0 aliphatic carbocycles. The number of urea groups is 1. The minimum atomic E-state index is -0.439. The van der Waals surface area contributed by atoms with Crippen molar-refractivity contribution in [2.75, 3.05) is 37.4 Å². The number of halogens is 1. The lowest BCUT2D eigenvalue weighted by atomic mass is 9.92. The molecule has 194 valence electrons. The van der Waals surface area contributed by atoms with Crippen LogP contribution in [0.15, 0.2) is 54.6 Å². The molecule has 37 heavy (non-hydrogen) atoms. The number of nitrogens with one attached hydrogen (secondary N) is 2. The van der Waals surface area contributed by atoms with E-state index in [9.17, 15) is 9.59 Å². The Morgan fingerprint density at radius 2 is 1.84 bits per heavy atom. The number of carbonyl (C=O) groups excluding carboxylic acids is 2. The number of rotatable bonds is 9. The highest BCUT2D eigenvalue weighted by Gasteiger charge is 2.24. The Hall–Kier alpha value is -3.87. The summed E-state index contributed by atoms with van der Waals surface area (Å²) in [6.45, 7) is 6.65. The van der Waals surface area contributed by atoms with Gasteiger partial charge in [-0.15, -0.1) is 0 Å². The molecule has 2 N–H and O–H groups in total. The summed E-state index contributed by atoms with van der Waals surface area (Å²) < 4.78 is 6.72. The largest absolute Gasteiger partial charge is 0.385 e. The number of anilines is 2. The highest BCUT2D eigenvalue weighted by molar-refractivity contribution is 6.32. The van der Waals surface area contributed by atoms with Gasteiger partial charge in [0.1, 0.15) is 12.4 Å². The van der Waals surface area contributed by atoms with Crippen LogP contribution in [0.4, 0.5) is 16.3 Å². The number of hydrogen-bond donors (Lipinski definition) is 2. The standard InChI is InChI=1S/C27H31ClN6O3/c1-27(2,3)23-16-24(34(32-23)22-9-6-5-8-21(22)28)31-25(35)18-33(14-7-15-37-4)26(36)30-20-12-10-19(17-29)11-13-20/h5-6,8-13,16H,7,14-15,18H2,1-4H3,(H,30,36)(H,31,35). The molecule has 0 atom stereocenters. The molecule has 2 aromatic carbocycles. The van der Waals surface area contributed by atoms with Crippen LogP contribution in [-0.4, -0.2) is 53.4 Å². The summed E-state index contributed by atoms with van der Waals surface area (Å²) in [5, 5.41) is 19.8. The molecule has 1 heterocycles. The van der Waals surface area contributed by atoms with E-state index >= 15 is 0 Å². The van der Waals surface area contributed by atoms with E-state index in [0.717, 1.165) is 5.69 Å². The summed E-state index contributed by atoms with van der Waals surface area (Å²) in [7, 11) is 1.58. The fraction of sp³-hybridized carbons (Fsp3) is 0.333. The minimum absolute atomic E-state index is 0.190. The fourth-order valence-corrected chi connectivity index (χ4v) is 3.70. The van der Waals surface area contributed by atoms with E-state index < -0.39 is 6.03 Å². The van der Waals surface area contributed by atoms with Gasteiger partial charge >= 0.3 is 6.03 Å². The van der Waals surface area contributed by atoms with E-state index in [1.165, 1.54) is 4.90 Å². The Bertz CT molecular complexity index is 1270. The van der Waals surface area contributed by atoms with Crippen LogP contribution in [0.3, 0.4) is 0 Å². The zero-order valence-electron chi connectivity index (χ0n) is 21.4. The van der Waals surface area contributed by atoms with Crippen molar-refractivity contribution >= 4 is 35.0 Å². The topological polar surface area (TPSA) is 112 Å². The zero-order chi connectivity index (χ0) is 27.0. The third-order valence-electron chi connectivity index (χ3n) is 5.49. The van der Waals surface area contributed by atoms with Crippen LogP contribution in [-0.2, 0) is 14.9 Å². The van der Waals surface area contributed by atoms with Crippen LogP contribution >= 0.6 is 11.6 Å². The van der Waals surface area contributed by atoms with Crippen molar-refractivity contribution in [1.82, 2.24) is 14.7 Å². The number of aromatic nitrogens is 2. The predicted molar refractivity (Wildman–Crippen MR) is 144 cm³/mol. The van der Waals surface area contributed by atoms with Gasteiger partial charge in [0.15, 0.2) is 0 Å². The first kappa shape index (κ1) is 27.7. The monoisotopic (exact) mass is 522 g/mol. The molecule has 3 amide bonds. The van der Waals surface area contributed by atoms with Crippen molar-refractivity contribution < 1.29 is 14.3 Å². The maximum atomic E-state index is 13.1. The second kappa shape index (κ2) is 12.4. The third kappa shape index (κ3) is 7.56. The van der Waals surface area contributed by atoms with E-state index in [-0.39, 0.29) is 17.9 Å². The van der Waals surface area contributed by atoms with Crippen molar-refractivity contribution in [2.24, 2.45) is 0 Å². The minimum Gasteiger partial charge on any atom is -0.385 e. The summed E-state index contributed by atoms with van der Waals surface area (Å²) in [6, 6.07) is 17.2. The van der Waals surface area contributed by atoms with Crippen LogP contribution in [0.1, 0.15) is 38.4 Å². The van der Waals surface area contributed by atoms with Crippen molar-refractivity contribution in [3.63, 3.8) is 0 Å². The number of amides is 3. The summed E-state index contributed by atoms with van der Waals surface area (Å²) >= 11 is 6.42. The second-order valence-electron chi connectivity index (χ2n) is 9.46. The highest BCUT2D eigenvalue weighted by atomic mass is 35.5. The lowest BCUT2D eigenvalue weighted by Gasteiger charge is -2.22. The fourth-order valence-electron chi connectivity index (χ4n) is 3.48. The van der Waals surface area contributed by atoms with Gasteiger partial charge in [-0.05, 0) is 42.8 Å². The maximum absolute atomic E-state index is 13.1. The normalized spacial score (nSPS) is 11.0. The van der Waals surface area contributed by atoms with Gasteiger partial charge in [-0.2, -0.15) is 10.4 Å². The van der Waals surface area contributed by atoms with Gasteiger partial charge in [0.2, 0.25) is 5.91 Å². The molecule has 0 aliphatic rings. The Morgan fingerprint density at radius 1 is 1.14 bits per heavy atom. The number of nitrogens with zero attached hydrogens (tertiary/aromatic N) is 4. The molecule has 0 unspecified atom stereocenters. The van der Waals surface area contributed by atoms with Gasteiger partial charge in [0.05, 0.1) is 28.0 Å². The van der Waals surface area contributed by atoms with Crippen molar-refractivity contribution in [3.8, 4) is 11.8 Å². The van der Waals surface area contributed by atoms with E-state index in [4.69, 9.17) is 26.7 Å². The number of ether oxygens (including phenoxy) is 1. The van der Waals surface area contributed by atoms with Crippen LogP contribution in [0.5, 0.6) is 0 Å². The van der Waals surface area contributed by atoms with Gasteiger partial charge < -0.3 is 20.3 Å². The Labute approximate surface area is 222 Å². The lowest BCUT2D eigenvalue weighted by Crippen LogP contribution is -2.41. The van der Waals surface area contributed by atoms with Crippen LogP contribution < -0.4 is 10.6 Å². The van der Waals surface area contributed by atoms with Gasteiger partial charge in [0.25, 0.3) is 0 Å². The zero-order valence-corrected chi connectivity index (χ0v) is 22.2. The predicted octanol–water partition coefficient (Wildman–Crippen LogP) is 5.20. The first-order valence-corrected chi connectivity index (χ1v) is 12.2. The van der Waals surface area contributed by atoms with E-state index in [1.807, 2.05) is 51.1 Å². The molecule has 0 saturated heterocycles. The number of nitriles is 1. The number of para-hydroxylation sites is 1. The number of hydrogen-bond acceptors (Lipinski definition) is 5. The van der Waals surface area contributed by atoms with Gasteiger partial charge in [-0.3, -0.25) is 4.79 Å². The SMILES string of the molecule is COCCCN(CC(=O)Nc1cc(C(C)(C)C)nn1-c1ccccc1Cl)C(=O)Nc1ccc(C#N)cc1. The van der Waals surface area contributed by atoms with Crippen molar-refractivity contribution in [2.45, 2.75) is 32.6 Å². The van der Waals surface area contributed by atoms with Crippen molar-refractivity contribution in [3.05, 3.63) is 70.9 Å². The maximum Gasteiger partial charge on any atom is 0.322 e. The second-order valence-corrected chi connectivity index (χ2v) is 9.87. The lowest BCUT2D eigenvalue weighted by molar-refractivity contribution is -0.116. The Kier molecular flexibility index (Phi) is 9.28. The molecule has 0 bridgehead atoms. The number of methoxy groups -OCH3 is 1. The molecule has 3 rings (SSSR count). The molecule has 0 radical (unpaired) electrons. The first-order chi connectivity index (χ1) is 17.6. The molecule has 0 aliphatic heterocycles. The van der Waals surface area contributed by atoms with E-state index in [1.54, 1.807) is 42.1 Å². The van der Waals surface area contributed by atoms with Gasteiger partial charge in [-0.25, -0.2) is 9.48 Å². The van der Waals surface area contributed by atoms with Gasteiger partial charge in [0, 0.05) is 37.4 Å². The third-order valence-corrected chi connectivity index (χ3v) is 5.81. The van der Waals surface area contributed by atoms with E-state index in [0.29, 0.717) is 47.4 Å². The first-order valence-electron chi connectivity index (χ1n) is 11.8. The number of benzene rings is 2. The Morgan fingerprint density at radius 3 is 2.46 bits per heavy atom. The molecule has 1 aromatic heterocycles. The van der Waals surface area contributed by atoms with Crippen LogP contribution in [0, 0.1) is 11.3 Å². The Balaban J connectivity index is 1.80. The smallest absolute Gasteiger partial charge is 0.322 e. The summed E-state index contributed by atoms with van der Waals surface area (Å²) in [6.07, 6.45) is 0.552. The molecule has 3 aromatic rings. The van der Waals surface area contributed by atoms with Crippen molar-refractivity contribution in [1.29, 1.82) is 5.26 Å². The molecule has 0 fully saturated rings. The number of carbonyl (C=O) groups is 2. The molecule has 0 saturated carbocycles. The molecular weight excluding hydrogens is 492 g/mol. The summed E-state index contributed by atoms with van der Waals surface area (Å²) in [5.41, 5.74) is 2.15. The quantitative estimate of drug-likeness (QED) is 0.375. The summed E-state index contributed by atoms with van der Waals surface area (Å²) in [4.78, 5) is 27.6. The average molecular weight is 523 g/mol. The van der Waals surface area contributed by atoms with Gasteiger partial charge in [-0.1, -0.05) is 44.5 Å². The molecular formula is C27H31ClN6O3. The van der Waals surface area contributed by atoms with Crippen LogP contribution in [0.2, 0.25) is 5.02 Å². The molecule has 0 spiro atoms. The summed E-state index contributed by atoms with van der Waals surface area (Å²) in [5.74, 6) is 0.0634. The molecule has 9 nitrogen and oxygen atoms in total. The average Bonchev–Trinajstić information content (AvgIpc) is 3.28. The molecule has 10 heteroatoms. The van der Waals surface area contributed by atoms with Crippen LogP contribution in [0.25, 0.3) is 5.69 Å². The highest BCUT2D eigenvalue weighted by Crippen LogP contribution is 2.29. The van der Waals surface area contributed by atoms with E-state index in [2.05, 4.69) is 10.6 Å².